The Labute approximate surface area is 82.4 Å². The topological polar surface area (TPSA) is 78.3 Å². The van der Waals surface area contributed by atoms with Crippen LogP contribution >= 0.6 is 0 Å². The smallest absolute Gasteiger partial charge is 0.330 e. The average molecular weight is 198 g/mol. The van der Waals surface area contributed by atoms with Crippen LogP contribution in [-0.2, 0) is 9.63 Å². The van der Waals surface area contributed by atoms with E-state index < -0.39 is 5.41 Å². The third kappa shape index (κ3) is 2.61. The molecule has 6 heteroatoms. The molecule has 78 valence electrons. The summed E-state index contributed by atoms with van der Waals surface area (Å²) in [6, 6.07) is -0.0623. The van der Waals surface area contributed by atoms with Crippen molar-refractivity contribution in [2.24, 2.45) is 10.5 Å². The first kappa shape index (κ1) is 10.8. The van der Waals surface area contributed by atoms with Crippen LogP contribution < -0.4 is 0 Å². The van der Waals surface area contributed by atoms with Crippen LogP contribution in [0.1, 0.15) is 20.8 Å². The van der Waals surface area contributed by atoms with E-state index in [9.17, 15) is 4.79 Å². The van der Waals surface area contributed by atoms with Crippen LogP contribution in [0.25, 0.3) is 10.4 Å². The van der Waals surface area contributed by atoms with Gasteiger partial charge in [-0.15, -0.1) is 5.06 Å². The molecule has 1 fully saturated rings. The summed E-state index contributed by atoms with van der Waals surface area (Å²) in [6.07, 6.45) is 0. The molecule has 0 aromatic rings. The van der Waals surface area contributed by atoms with Crippen LogP contribution in [0.2, 0.25) is 0 Å². The van der Waals surface area contributed by atoms with Gasteiger partial charge in [0.2, 0.25) is 0 Å². The summed E-state index contributed by atoms with van der Waals surface area (Å²) in [4.78, 5) is 19.1. The van der Waals surface area contributed by atoms with E-state index in [2.05, 4.69) is 10.0 Å². The third-order valence-corrected chi connectivity index (χ3v) is 1.87. The molecule has 0 aliphatic carbocycles. The minimum Gasteiger partial charge on any atom is -0.367 e. The molecule has 1 aliphatic heterocycles. The van der Waals surface area contributed by atoms with Gasteiger partial charge in [0.25, 0.3) is 0 Å². The summed E-state index contributed by atoms with van der Waals surface area (Å²) in [5.74, 6) is -0.267. The quantitative estimate of drug-likeness (QED) is 0.383. The zero-order valence-corrected chi connectivity index (χ0v) is 8.60. The molecule has 1 heterocycles. The molecule has 0 bridgehead atoms. The number of hydrogen-bond acceptors (Lipinski definition) is 4. The Morgan fingerprint density at radius 2 is 2.14 bits per heavy atom. The van der Waals surface area contributed by atoms with E-state index in [-0.39, 0.29) is 12.0 Å². The van der Waals surface area contributed by atoms with Crippen LogP contribution in [-0.4, -0.2) is 30.2 Å². The fourth-order valence-electron chi connectivity index (χ4n) is 0.891. The number of hydroxylamine groups is 2. The first-order valence-corrected chi connectivity index (χ1v) is 4.45. The van der Waals surface area contributed by atoms with Crippen molar-refractivity contribution in [2.75, 3.05) is 13.1 Å². The van der Waals surface area contributed by atoms with Crippen molar-refractivity contribution in [3.8, 4) is 0 Å². The number of azide groups is 1. The second kappa shape index (κ2) is 3.86. The molecule has 1 rings (SSSR count). The Hall–Kier alpha value is -1.26. The summed E-state index contributed by atoms with van der Waals surface area (Å²) in [5.41, 5.74) is 7.63. The molecule has 0 amide bonds. The van der Waals surface area contributed by atoms with E-state index >= 15 is 0 Å². The minimum atomic E-state index is -0.496. The number of carbonyl (C=O) groups excluding carboxylic acids is 1. The SMILES string of the molecule is CC(C)(C)C(=O)ON1CC(N=[N+]=[N-])C1. The Balaban J connectivity index is 2.30. The molecule has 0 spiro atoms. The average Bonchev–Trinajstić information content (AvgIpc) is 1.98. The van der Waals surface area contributed by atoms with Crippen molar-refractivity contribution in [1.29, 1.82) is 0 Å². The second-order valence-corrected chi connectivity index (χ2v) is 4.33. The van der Waals surface area contributed by atoms with Crippen LogP contribution in [0.3, 0.4) is 0 Å². The summed E-state index contributed by atoms with van der Waals surface area (Å²) in [7, 11) is 0. The normalized spacial score (nSPS) is 18.2. The first-order chi connectivity index (χ1) is 6.43. The molecule has 0 N–H and O–H groups in total. The highest BCUT2D eigenvalue weighted by Crippen LogP contribution is 2.19. The Morgan fingerprint density at radius 3 is 2.57 bits per heavy atom. The molecule has 14 heavy (non-hydrogen) atoms. The number of carbonyl (C=O) groups is 1. The number of rotatable bonds is 2. The predicted molar refractivity (Wildman–Crippen MR) is 50.1 cm³/mol. The van der Waals surface area contributed by atoms with Crippen LogP contribution in [0.5, 0.6) is 0 Å². The van der Waals surface area contributed by atoms with E-state index in [1.165, 1.54) is 5.06 Å². The highest BCUT2D eigenvalue weighted by Gasteiger charge is 2.32. The molecule has 0 radical (unpaired) electrons. The highest BCUT2D eigenvalue weighted by molar-refractivity contribution is 5.75. The molecular formula is C8H14N4O2. The van der Waals surface area contributed by atoms with Crippen molar-refractivity contribution in [3.63, 3.8) is 0 Å². The molecule has 0 aromatic carbocycles. The molecule has 0 aromatic heterocycles. The van der Waals surface area contributed by atoms with Crippen LogP contribution in [0, 0.1) is 5.41 Å². The fourth-order valence-corrected chi connectivity index (χ4v) is 0.891. The van der Waals surface area contributed by atoms with E-state index in [4.69, 9.17) is 10.4 Å². The van der Waals surface area contributed by atoms with Crippen molar-refractivity contribution in [3.05, 3.63) is 10.4 Å². The molecule has 0 atom stereocenters. The van der Waals surface area contributed by atoms with Gasteiger partial charge in [-0.05, 0) is 26.3 Å². The van der Waals surface area contributed by atoms with Gasteiger partial charge in [-0.2, -0.15) is 0 Å². The highest BCUT2D eigenvalue weighted by atomic mass is 16.7. The van der Waals surface area contributed by atoms with Gasteiger partial charge in [0.1, 0.15) is 0 Å². The first-order valence-electron chi connectivity index (χ1n) is 4.45. The van der Waals surface area contributed by atoms with Gasteiger partial charge in [0.05, 0.1) is 11.5 Å². The minimum absolute atomic E-state index is 0.0623. The summed E-state index contributed by atoms with van der Waals surface area (Å²) >= 11 is 0. The van der Waals surface area contributed by atoms with E-state index in [1.807, 2.05) is 0 Å². The van der Waals surface area contributed by atoms with Crippen LogP contribution in [0.15, 0.2) is 5.11 Å². The van der Waals surface area contributed by atoms with Gasteiger partial charge < -0.3 is 4.84 Å². The van der Waals surface area contributed by atoms with Crippen molar-refractivity contribution < 1.29 is 9.63 Å². The lowest BCUT2D eigenvalue weighted by Gasteiger charge is -2.35. The maximum Gasteiger partial charge on any atom is 0.330 e. The zero-order chi connectivity index (χ0) is 10.8. The van der Waals surface area contributed by atoms with Crippen molar-refractivity contribution in [2.45, 2.75) is 26.8 Å². The predicted octanol–water partition coefficient (Wildman–Crippen LogP) is 1.49. The van der Waals surface area contributed by atoms with Crippen LogP contribution in [0.4, 0.5) is 0 Å². The largest absolute Gasteiger partial charge is 0.367 e. The lowest BCUT2D eigenvalue weighted by Crippen LogP contribution is -2.51. The fraction of sp³-hybridized carbons (Fsp3) is 0.875. The Kier molecular flexibility index (Phi) is 2.98. The Morgan fingerprint density at radius 1 is 1.57 bits per heavy atom. The molecule has 1 saturated heterocycles. The van der Waals surface area contributed by atoms with Gasteiger partial charge in [0.15, 0.2) is 0 Å². The van der Waals surface area contributed by atoms with Gasteiger partial charge >= 0.3 is 5.97 Å². The lowest BCUT2D eigenvalue weighted by atomic mass is 9.98. The van der Waals surface area contributed by atoms with Gasteiger partial charge in [-0.3, -0.25) is 0 Å². The van der Waals surface area contributed by atoms with E-state index in [0.29, 0.717) is 13.1 Å². The van der Waals surface area contributed by atoms with Crippen molar-refractivity contribution in [1.82, 2.24) is 5.06 Å². The van der Waals surface area contributed by atoms with E-state index in [1.54, 1.807) is 20.8 Å². The maximum absolute atomic E-state index is 11.4. The monoisotopic (exact) mass is 198 g/mol. The molecule has 1 aliphatic rings. The summed E-state index contributed by atoms with van der Waals surface area (Å²) in [6.45, 7) is 6.36. The van der Waals surface area contributed by atoms with Gasteiger partial charge in [-0.1, -0.05) is 5.11 Å². The number of nitrogens with zero attached hydrogens (tertiary/aromatic N) is 4. The molecular weight excluding hydrogens is 184 g/mol. The van der Waals surface area contributed by atoms with Crippen molar-refractivity contribution >= 4 is 5.97 Å². The van der Waals surface area contributed by atoms with E-state index in [0.717, 1.165) is 0 Å². The Bertz CT molecular complexity index is 272. The standard InChI is InChI=1S/C8H14N4O2/c1-8(2,3)7(13)14-12-4-6(5-12)10-11-9/h6H,4-5H2,1-3H3. The summed E-state index contributed by atoms with van der Waals surface area (Å²) < 4.78 is 0. The number of hydrogen-bond donors (Lipinski definition) is 0. The maximum atomic E-state index is 11.4. The zero-order valence-electron chi connectivity index (χ0n) is 8.60. The molecule has 6 nitrogen and oxygen atoms in total. The summed E-state index contributed by atoms with van der Waals surface area (Å²) in [5, 5.41) is 5.00. The van der Waals surface area contributed by atoms with Gasteiger partial charge in [-0.25, -0.2) is 4.79 Å². The second-order valence-electron chi connectivity index (χ2n) is 4.33. The lowest BCUT2D eigenvalue weighted by molar-refractivity contribution is -0.219. The molecule has 0 unspecified atom stereocenters. The van der Waals surface area contributed by atoms with Gasteiger partial charge in [0, 0.05) is 18.0 Å². The third-order valence-electron chi connectivity index (χ3n) is 1.87. The molecule has 0 saturated carbocycles.